The summed E-state index contributed by atoms with van der Waals surface area (Å²) in [5.41, 5.74) is 2.52. The minimum Gasteiger partial charge on any atom is -0.497 e. The van der Waals surface area contributed by atoms with Crippen LogP contribution in [0.2, 0.25) is 0 Å². The van der Waals surface area contributed by atoms with E-state index < -0.39 is 17.7 Å². The first-order valence-corrected chi connectivity index (χ1v) is 12.9. The van der Waals surface area contributed by atoms with Crippen molar-refractivity contribution in [1.82, 2.24) is 10.3 Å². The summed E-state index contributed by atoms with van der Waals surface area (Å²) < 4.78 is 57.4. The van der Waals surface area contributed by atoms with Gasteiger partial charge >= 0.3 is 12.1 Å². The van der Waals surface area contributed by atoms with E-state index in [9.17, 15) is 18.0 Å². The maximum Gasteiger partial charge on any atom is 0.416 e. The molecular formula is C31H31F3N2O4. The van der Waals surface area contributed by atoms with E-state index in [0.717, 1.165) is 23.4 Å². The van der Waals surface area contributed by atoms with Crippen LogP contribution in [-0.2, 0) is 10.9 Å². The number of rotatable bonds is 10. The smallest absolute Gasteiger partial charge is 0.416 e. The van der Waals surface area contributed by atoms with Gasteiger partial charge in [-0.2, -0.15) is 13.2 Å². The van der Waals surface area contributed by atoms with Gasteiger partial charge in [-0.05, 0) is 91.6 Å². The molecule has 1 heterocycles. The van der Waals surface area contributed by atoms with Crippen molar-refractivity contribution in [3.05, 3.63) is 89.1 Å². The van der Waals surface area contributed by atoms with E-state index in [-0.39, 0.29) is 30.7 Å². The summed E-state index contributed by atoms with van der Waals surface area (Å²) in [4.78, 5) is 16.6. The predicted octanol–water partition coefficient (Wildman–Crippen LogP) is 7.14. The van der Waals surface area contributed by atoms with Gasteiger partial charge in [-0.3, -0.25) is 0 Å². The first kappa shape index (κ1) is 28.9. The van der Waals surface area contributed by atoms with Crippen LogP contribution in [0.4, 0.5) is 13.2 Å². The Labute approximate surface area is 231 Å². The van der Waals surface area contributed by atoms with Crippen LogP contribution in [0, 0.1) is 6.92 Å². The Morgan fingerprint density at radius 1 is 1.00 bits per heavy atom. The molecule has 1 unspecified atom stereocenters. The molecule has 0 aliphatic heterocycles. The van der Waals surface area contributed by atoms with Crippen molar-refractivity contribution < 1.29 is 32.2 Å². The summed E-state index contributed by atoms with van der Waals surface area (Å²) in [6.45, 7) is 6.27. The highest BCUT2D eigenvalue weighted by molar-refractivity contribution is 5.94. The summed E-state index contributed by atoms with van der Waals surface area (Å²) in [6.07, 6.45) is -4.54. The van der Waals surface area contributed by atoms with Crippen molar-refractivity contribution in [2.45, 2.75) is 33.0 Å². The van der Waals surface area contributed by atoms with Gasteiger partial charge in [0.2, 0.25) is 0 Å². The zero-order chi connectivity index (χ0) is 28.9. The molecule has 4 aromatic rings. The SMILES string of the molecule is CCOC(=O)c1nc2ccc(-c3cc(OCCNC(C)c4cccc(OC)c4)cc(C(F)(F)F)c3)cc2cc1C. The number of aryl methyl sites for hydroxylation is 1. The molecule has 40 heavy (non-hydrogen) atoms. The molecule has 0 saturated heterocycles. The lowest BCUT2D eigenvalue weighted by molar-refractivity contribution is -0.137. The number of hydrogen-bond acceptors (Lipinski definition) is 6. The third-order valence-electron chi connectivity index (χ3n) is 6.46. The molecule has 1 N–H and O–H groups in total. The number of fused-ring (bicyclic) bond motifs is 1. The lowest BCUT2D eigenvalue weighted by Gasteiger charge is -2.17. The van der Waals surface area contributed by atoms with Crippen LogP contribution in [0.1, 0.15) is 47.1 Å². The van der Waals surface area contributed by atoms with Crippen molar-refractivity contribution >= 4 is 16.9 Å². The number of alkyl halides is 3. The second-order valence-electron chi connectivity index (χ2n) is 9.33. The summed E-state index contributed by atoms with van der Waals surface area (Å²) in [6, 6.07) is 18.2. The van der Waals surface area contributed by atoms with Crippen molar-refractivity contribution in [2.24, 2.45) is 0 Å². The third kappa shape index (κ3) is 6.90. The fourth-order valence-electron chi connectivity index (χ4n) is 4.35. The van der Waals surface area contributed by atoms with Gasteiger partial charge in [0.1, 0.15) is 18.1 Å². The number of methoxy groups -OCH3 is 1. The number of hydrogen-bond donors (Lipinski definition) is 1. The van der Waals surface area contributed by atoms with Gasteiger partial charge in [0.15, 0.2) is 5.69 Å². The topological polar surface area (TPSA) is 69.7 Å². The lowest BCUT2D eigenvalue weighted by Crippen LogP contribution is -2.24. The Bertz CT molecular complexity index is 1500. The van der Waals surface area contributed by atoms with Gasteiger partial charge < -0.3 is 19.5 Å². The molecule has 6 nitrogen and oxygen atoms in total. The number of nitrogens with zero attached hydrogens (tertiary/aromatic N) is 1. The normalized spacial score (nSPS) is 12.3. The molecule has 0 saturated carbocycles. The molecule has 0 fully saturated rings. The van der Waals surface area contributed by atoms with Gasteiger partial charge in [0.05, 0.1) is 24.8 Å². The highest BCUT2D eigenvalue weighted by Crippen LogP contribution is 2.36. The second-order valence-corrected chi connectivity index (χ2v) is 9.33. The van der Waals surface area contributed by atoms with Crippen LogP contribution >= 0.6 is 0 Å². The van der Waals surface area contributed by atoms with Crippen LogP contribution in [-0.4, -0.2) is 37.8 Å². The fourth-order valence-corrected chi connectivity index (χ4v) is 4.35. The largest absolute Gasteiger partial charge is 0.497 e. The number of pyridine rings is 1. The van der Waals surface area contributed by atoms with Crippen molar-refractivity contribution in [3.63, 3.8) is 0 Å². The Morgan fingerprint density at radius 2 is 1.80 bits per heavy atom. The number of benzene rings is 3. The van der Waals surface area contributed by atoms with E-state index in [4.69, 9.17) is 14.2 Å². The molecule has 0 aliphatic carbocycles. The minimum atomic E-state index is -4.54. The van der Waals surface area contributed by atoms with Crippen LogP contribution in [0.15, 0.2) is 66.7 Å². The Morgan fingerprint density at radius 3 is 2.52 bits per heavy atom. The average Bonchev–Trinajstić information content (AvgIpc) is 2.94. The number of esters is 1. The van der Waals surface area contributed by atoms with Gasteiger partial charge in [-0.15, -0.1) is 0 Å². The highest BCUT2D eigenvalue weighted by atomic mass is 19.4. The highest BCUT2D eigenvalue weighted by Gasteiger charge is 2.31. The first-order valence-electron chi connectivity index (χ1n) is 12.9. The summed E-state index contributed by atoms with van der Waals surface area (Å²) >= 11 is 0. The third-order valence-corrected chi connectivity index (χ3v) is 6.46. The predicted molar refractivity (Wildman–Crippen MR) is 148 cm³/mol. The minimum absolute atomic E-state index is 0.00483. The van der Waals surface area contributed by atoms with Gasteiger partial charge in [0, 0.05) is 18.0 Å². The number of carbonyl (C=O) groups is 1. The number of halogens is 3. The Kier molecular flexibility index (Phi) is 8.94. The van der Waals surface area contributed by atoms with E-state index in [0.29, 0.717) is 34.1 Å². The van der Waals surface area contributed by atoms with Crippen LogP contribution in [0.3, 0.4) is 0 Å². The van der Waals surface area contributed by atoms with E-state index >= 15 is 0 Å². The van der Waals surface area contributed by atoms with Crippen LogP contribution in [0.25, 0.3) is 22.0 Å². The number of ether oxygens (including phenoxy) is 3. The molecule has 9 heteroatoms. The summed E-state index contributed by atoms with van der Waals surface area (Å²) in [5.74, 6) is 0.351. The van der Waals surface area contributed by atoms with Crippen molar-refractivity contribution in [3.8, 4) is 22.6 Å². The maximum atomic E-state index is 13.8. The molecule has 1 aromatic heterocycles. The zero-order valence-corrected chi connectivity index (χ0v) is 22.8. The number of carbonyl (C=O) groups excluding carboxylic acids is 1. The van der Waals surface area contributed by atoms with Gasteiger partial charge in [-0.25, -0.2) is 9.78 Å². The molecule has 3 aromatic carbocycles. The van der Waals surface area contributed by atoms with E-state index in [1.165, 1.54) is 0 Å². The van der Waals surface area contributed by atoms with Crippen LogP contribution < -0.4 is 14.8 Å². The Hall–Kier alpha value is -4.11. The lowest BCUT2D eigenvalue weighted by atomic mass is 9.99. The van der Waals surface area contributed by atoms with E-state index in [2.05, 4.69) is 10.3 Å². The molecular weight excluding hydrogens is 521 g/mol. The number of aromatic nitrogens is 1. The van der Waals surface area contributed by atoms with Crippen molar-refractivity contribution in [1.29, 1.82) is 0 Å². The molecule has 0 aliphatic rings. The van der Waals surface area contributed by atoms with E-state index in [1.807, 2.05) is 31.2 Å². The van der Waals surface area contributed by atoms with Crippen molar-refractivity contribution in [2.75, 3.05) is 26.9 Å². The van der Waals surface area contributed by atoms with Gasteiger partial charge in [-0.1, -0.05) is 18.2 Å². The summed E-state index contributed by atoms with van der Waals surface area (Å²) in [5, 5.41) is 4.01. The first-order chi connectivity index (χ1) is 19.1. The standard InChI is InChI=1S/C31H31F3N2O4/c1-5-39-30(37)29-19(2)13-24-14-22(9-10-28(24)36-29)23-15-25(31(32,33)34)18-27(17-23)40-12-11-35-20(3)21-7-6-8-26(16-21)38-4/h6-10,13-18,20,35H,5,11-12H2,1-4H3. The Balaban J connectivity index is 1.54. The molecule has 1 atom stereocenters. The van der Waals surface area contributed by atoms with E-state index in [1.54, 1.807) is 51.3 Å². The molecule has 0 spiro atoms. The van der Waals surface area contributed by atoms with Crippen LogP contribution in [0.5, 0.6) is 11.5 Å². The zero-order valence-electron chi connectivity index (χ0n) is 22.8. The second kappa shape index (κ2) is 12.4. The molecule has 0 amide bonds. The monoisotopic (exact) mass is 552 g/mol. The quantitative estimate of drug-likeness (QED) is 0.167. The molecule has 210 valence electrons. The summed E-state index contributed by atoms with van der Waals surface area (Å²) in [7, 11) is 1.60. The maximum absolute atomic E-state index is 13.8. The number of nitrogens with one attached hydrogen (secondary N) is 1. The average molecular weight is 553 g/mol. The van der Waals surface area contributed by atoms with Gasteiger partial charge in [0.25, 0.3) is 0 Å². The fraction of sp³-hybridized carbons (Fsp3) is 0.290. The molecule has 0 bridgehead atoms. The molecule has 0 radical (unpaired) electrons. The molecule has 4 rings (SSSR count).